The van der Waals surface area contributed by atoms with Crippen LogP contribution in [0.15, 0.2) is 388 Å². The number of benzene rings is 16. The fourth-order valence-electron chi connectivity index (χ4n) is 16.0. The lowest BCUT2D eigenvalue weighted by molar-refractivity contribution is 0.669. The van der Waals surface area contributed by atoms with Crippen molar-refractivity contribution in [2.24, 2.45) is 0 Å². The van der Waals surface area contributed by atoms with Crippen molar-refractivity contribution in [3.8, 4) is 61.3 Å². The Bertz CT molecular complexity index is 6940. The quantitative estimate of drug-likeness (QED) is 0.102. The van der Waals surface area contributed by atoms with Gasteiger partial charge in [0.15, 0.2) is 0 Å². The van der Waals surface area contributed by atoms with Crippen molar-refractivity contribution in [3.63, 3.8) is 0 Å². The standard InChI is InChI=1S/C100H64Br3N5OS/c1-63-21-38-78(39-22-63)106(79-40-27-66(28-41-79)65-23-33-73(101)34-24-65)84-60-92(99-90-19-11-52-104-100(90)110-98(99)62-84)70-32-50-96-93(58-70)89-47-45-82(61-97(89)109-96)107(81-44-29-64-12-8-9-13-69(64)55-81)80-42-30-68(31-43-80)85-46-37-75(103)59-91(85)72-54-71(67-25-35-74(102)36-26-67)56-83(57-72)108(77-16-6-3-7-17-77)95-20-10-18-86-87(95)48-49-94-88(86)51-53-105(94)76-14-4-2-5-15-76/h2-62H,1H3. The van der Waals surface area contributed by atoms with Gasteiger partial charge in [0.2, 0.25) is 0 Å². The summed E-state index contributed by atoms with van der Waals surface area (Å²) in [4.78, 5) is 13.1. The van der Waals surface area contributed by atoms with Crippen LogP contribution in [0.25, 0.3) is 136 Å². The molecule has 0 aliphatic carbocycles. The molecule has 4 aromatic heterocycles. The van der Waals surface area contributed by atoms with Gasteiger partial charge in [0, 0.05) is 120 Å². The second-order valence-electron chi connectivity index (χ2n) is 28.0. The number of pyridine rings is 1. The van der Waals surface area contributed by atoms with E-state index in [1.165, 1.54) is 27.1 Å². The molecule has 0 saturated carbocycles. The number of para-hydroxylation sites is 2. The van der Waals surface area contributed by atoms with Gasteiger partial charge in [-0.1, -0.05) is 211 Å². The second-order valence-corrected chi connectivity index (χ2v) is 31.8. The van der Waals surface area contributed by atoms with Gasteiger partial charge in [0.25, 0.3) is 0 Å². The molecule has 522 valence electrons. The second kappa shape index (κ2) is 28.0. The third-order valence-electron chi connectivity index (χ3n) is 21.3. The third kappa shape index (κ3) is 12.3. The Balaban J connectivity index is 0.690. The van der Waals surface area contributed by atoms with Crippen LogP contribution in [0, 0.1) is 6.92 Å². The Morgan fingerprint density at radius 3 is 1.66 bits per heavy atom. The summed E-state index contributed by atoms with van der Waals surface area (Å²) in [5.41, 5.74) is 25.5. The van der Waals surface area contributed by atoms with E-state index >= 15 is 0 Å². The van der Waals surface area contributed by atoms with Crippen LogP contribution in [0.5, 0.6) is 0 Å². The Morgan fingerprint density at radius 2 is 0.909 bits per heavy atom. The Morgan fingerprint density at radius 1 is 0.318 bits per heavy atom. The highest BCUT2D eigenvalue weighted by Gasteiger charge is 2.25. The number of rotatable bonds is 15. The zero-order chi connectivity index (χ0) is 73.5. The van der Waals surface area contributed by atoms with Crippen LogP contribution in [0.3, 0.4) is 0 Å². The van der Waals surface area contributed by atoms with Crippen LogP contribution >= 0.6 is 59.1 Å². The average molecular weight is 1620 g/mol. The molecule has 0 amide bonds. The molecular weight excluding hydrogens is 1560 g/mol. The number of aryl methyl sites for hydroxylation is 1. The first-order valence-electron chi connectivity index (χ1n) is 36.7. The summed E-state index contributed by atoms with van der Waals surface area (Å²) < 4.78 is 13.5. The summed E-state index contributed by atoms with van der Waals surface area (Å²) in [6.45, 7) is 2.14. The minimum Gasteiger partial charge on any atom is -0.456 e. The molecule has 4 heterocycles. The maximum Gasteiger partial charge on any atom is 0.137 e. The smallest absolute Gasteiger partial charge is 0.137 e. The van der Waals surface area contributed by atoms with Crippen molar-refractivity contribution in [2.75, 3.05) is 14.7 Å². The molecule has 0 aliphatic rings. The van der Waals surface area contributed by atoms with Crippen molar-refractivity contribution in [2.45, 2.75) is 6.92 Å². The fourth-order valence-corrected chi connectivity index (χ4v) is 18.0. The van der Waals surface area contributed by atoms with Crippen molar-refractivity contribution in [1.82, 2.24) is 9.55 Å². The summed E-state index contributed by atoms with van der Waals surface area (Å²) in [5.74, 6) is 0. The normalized spacial score (nSPS) is 11.6. The Kier molecular flexibility index (Phi) is 17.0. The van der Waals surface area contributed by atoms with E-state index < -0.39 is 0 Å². The van der Waals surface area contributed by atoms with E-state index in [0.29, 0.717) is 0 Å². The van der Waals surface area contributed by atoms with Gasteiger partial charge in [-0.25, -0.2) is 4.98 Å². The fraction of sp³-hybridized carbons (Fsp3) is 0.0100. The van der Waals surface area contributed by atoms with Gasteiger partial charge in [-0.3, -0.25) is 0 Å². The molecule has 0 atom stereocenters. The molecule has 0 fully saturated rings. The lowest BCUT2D eigenvalue weighted by Gasteiger charge is -2.28. The summed E-state index contributed by atoms with van der Waals surface area (Å²) >= 11 is 13.1. The van der Waals surface area contributed by atoms with E-state index in [0.717, 1.165) is 179 Å². The van der Waals surface area contributed by atoms with Gasteiger partial charge in [0.05, 0.1) is 11.2 Å². The van der Waals surface area contributed by atoms with Gasteiger partial charge in [-0.2, -0.15) is 0 Å². The molecular formula is C100H64Br3N5OS. The summed E-state index contributed by atoms with van der Waals surface area (Å²) in [5, 5.41) is 10.2. The van der Waals surface area contributed by atoms with E-state index in [4.69, 9.17) is 9.40 Å². The molecule has 0 radical (unpaired) electrons. The SMILES string of the molecule is Cc1ccc(N(c2ccc(-c3ccc(Br)cc3)cc2)c2cc(-c3ccc4oc5cc(N(c6ccc(-c7ccc(Br)cc7-c7cc(-c8ccc(Br)cc8)cc(N(c8ccccc8)c8cccc9c8ccc8c9ccn8-c8ccccc8)c7)cc6)c6ccc7ccccc7c6)ccc5c4c3)c3c(c2)sc2ncccc23)cc1. The van der Waals surface area contributed by atoms with Crippen molar-refractivity contribution >= 4 is 185 Å². The molecule has 10 heteroatoms. The number of thiophene rings is 1. The predicted molar refractivity (Wildman–Crippen MR) is 475 cm³/mol. The van der Waals surface area contributed by atoms with Gasteiger partial charge < -0.3 is 23.7 Å². The summed E-state index contributed by atoms with van der Waals surface area (Å²) in [6, 6.07) is 130. The molecule has 6 nitrogen and oxygen atoms in total. The van der Waals surface area contributed by atoms with E-state index in [2.05, 4.69) is 432 Å². The molecule has 20 aromatic rings. The lowest BCUT2D eigenvalue weighted by Crippen LogP contribution is -2.11. The van der Waals surface area contributed by atoms with Crippen LogP contribution in [0.1, 0.15) is 5.56 Å². The number of furan rings is 1. The van der Waals surface area contributed by atoms with E-state index in [1.54, 1.807) is 11.3 Å². The maximum atomic E-state index is 7.00. The number of fused-ring (bicyclic) bond motifs is 10. The molecule has 0 N–H and O–H groups in total. The van der Waals surface area contributed by atoms with Gasteiger partial charge >= 0.3 is 0 Å². The highest BCUT2D eigenvalue weighted by molar-refractivity contribution is 9.11. The van der Waals surface area contributed by atoms with E-state index in [-0.39, 0.29) is 0 Å². The molecule has 0 bridgehead atoms. The van der Waals surface area contributed by atoms with Crippen LogP contribution < -0.4 is 14.7 Å². The van der Waals surface area contributed by atoms with Crippen LogP contribution in [0.2, 0.25) is 0 Å². The third-order valence-corrected chi connectivity index (χ3v) is 23.9. The van der Waals surface area contributed by atoms with Crippen molar-refractivity contribution < 1.29 is 4.42 Å². The summed E-state index contributed by atoms with van der Waals surface area (Å²) in [6.07, 6.45) is 4.08. The van der Waals surface area contributed by atoms with E-state index in [9.17, 15) is 0 Å². The first-order chi connectivity index (χ1) is 54.1. The number of anilines is 9. The van der Waals surface area contributed by atoms with Crippen LogP contribution in [-0.4, -0.2) is 9.55 Å². The van der Waals surface area contributed by atoms with E-state index in [1.807, 2.05) is 12.3 Å². The number of aromatic nitrogens is 2. The maximum absolute atomic E-state index is 7.00. The average Bonchev–Trinajstić information content (AvgIpc) is 1.52. The first kappa shape index (κ1) is 67.0. The van der Waals surface area contributed by atoms with Crippen LogP contribution in [0.4, 0.5) is 51.2 Å². The monoisotopic (exact) mass is 1620 g/mol. The highest BCUT2D eigenvalue weighted by Crippen LogP contribution is 2.50. The molecule has 110 heavy (non-hydrogen) atoms. The van der Waals surface area contributed by atoms with Gasteiger partial charge in [0.1, 0.15) is 16.0 Å². The zero-order valence-electron chi connectivity index (χ0n) is 59.4. The minimum absolute atomic E-state index is 0.796. The number of nitrogens with zero attached hydrogens (tertiary/aromatic N) is 5. The molecule has 0 saturated heterocycles. The molecule has 0 unspecified atom stereocenters. The Labute approximate surface area is 665 Å². The van der Waals surface area contributed by atoms with Gasteiger partial charge in [-0.05, 0) is 273 Å². The van der Waals surface area contributed by atoms with Crippen LogP contribution in [-0.2, 0) is 0 Å². The number of halogens is 3. The van der Waals surface area contributed by atoms with Gasteiger partial charge in [-0.15, -0.1) is 11.3 Å². The number of hydrogen-bond donors (Lipinski definition) is 0. The topological polar surface area (TPSA) is 40.7 Å². The largest absolute Gasteiger partial charge is 0.456 e. The predicted octanol–water partition coefficient (Wildman–Crippen LogP) is 30.9. The van der Waals surface area contributed by atoms with Crippen molar-refractivity contribution in [1.29, 1.82) is 0 Å². The highest BCUT2D eigenvalue weighted by atomic mass is 79.9. The molecule has 0 spiro atoms. The minimum atomic E-state index is 0.796. The number of hydrogen-bond acceptors (Lipinski definition) is 6. The zero-order valence-corrected chi connectivity index (χ0v) is 65.0. The lowest BCUT2D eigenvalue weighted by atomic mass is 9.91. The Hall–Kier alpha value is -12.4. The molecule has 20 rings (SSSR count). The first-order valence-corrected chi connectivity index (χ1v) is 39.9. The summed E-state index contributed by atoms with van der Waals surface area (Å²) in [7, 11) is 0. The van der Waals surface area contributed by atoms with Crippen molar-refractivity contribution in [3.05, 3.63) is 389 Å². The molecule has 16 aromatic carbocycles. The molecule has 0 aliphatic heterocycles.